The molecule has 1 saturated heterocycles. The SMILES string of the molecule is CC(=O)OCC1=C(C(=O)OCOC(=O)C(C)(C)C)N2C(=O)C(NC(=O)/C=N/OCc3csc(N)n3)C2SC1. The van der Waals surface area contributed by atoms with Gasteiger partial charge in [0.2, 0.25) is 6.79 Å². The van der Waals surface area contributed by atoms with E-state index in [0.29, 0.717) is 16.4 Å². The molecule has 1 fully saturated rings. The number of hydrogen-bond donors (Lipinski definition) is 2. The van der Waals surface area contributed by atoms with Crippen molar-refractivity contribution < 1.29 is 43.0 Å². The van der Waals surface area contributed by atoms with Crippen molar-refractivity contribution in [2.75, 3.05) is 24.9 Å². The van der Waals surface area contributed by atoms with E-state index in [4.69, 9.17) is 24.8 Å². The molecule has 2 atom stereocenters. The first-order valence-electron chi connectivity index (χ1n) is 11.2. The number of ether oxygens (including phenoxy) is 3. The van der Waals surface area contributed by atoms with Gasteiger partial charge in [0, 0.05) is 23.6 Å². The van der Waals surface area contributed by atoms with Crippen molar-refractivity contribution in [2.45, 2.75) is 45.7 Å². The Morgan fingerprint density at radius 1 is 1.24 bits per heavy atom. The normalized spacial score (nSPS) is 18.9. The number of thioether (sulfide) groups is 1. The lowest BCUT2D eigenvalue weighted by Gasteiger charge is -2.49. The molecule has 2 aliphatic rings. The van der Waals surface area contributed by atoms with Gasteiger partial charge in [0.25, 0.3) is 11.8 Å². The predicted molar refractivity (Wildman–Crippen MR) is 135 cm³/mol. The summed E-state index contributed by atoms with van der Waals surface area (Å²) in [6.07, 6.45) is 0.875. The van der Waals surface area contributed by atoms with Gasteiger partial charge in [0.05, 0.1) is 11.1 Å². The number of oxime groups is 1. The van der Waals surface area contributed by atoms with Gasteiger partial charge in [-0.1, -0.05) is 5.16 Å². The smallest absolute Gasteiger partial charge is 0.358 e. The molecule has 206 valence electrons. The van der Waals surface area contributed by atoms with Gasteiger partial charge < -0.3 is 30.1 Å². The van der Waals surface area contributed by atoms with Crippen molar-refractivity contribution in [1.82, 2.24) is 15.2 Å². The van der Waals surface area contributed by atoms with Gasteiger partial charge in [-0.3, -0.25) is 24.1 Å². The Bertz CT molecular complexity index is 1170. The molecular weight excluding hydrogens is 542 g/mol. The number of nitrogens with two attached hydrogens (primary N) is 1. The highest BCUT2D eigenvalue weighted by Gasteiger charge is 2.54. The van der Waals surface area contributed by atoms with E-state index in [-0.39, 0.29) is 24.7 Å². The Kier molecular flexibility index (Phi) is 9.32. The fraction of sp³-hybridized carbons (Fsp3) is 0.500. The molecule has 3 N–H and O–H groups in total. The van der Waals surface area contributed by atoms with Crippen molar-refractivity contribution in [2.24, 2.45) is 10.6 Å². The van der Waals surface area contributed by atoms with Gasteiger partial charge >= 0.3 is 17.9 Å². The molecule has 0 spiro atoms. The van der Waals surface area contributed by atoms with Gasteiger partial charge in [-0.15, -0.1) is 23.1 Å². The average Bonchev–Trinajstić information content (AvgIpc) is 3.27. The maximum absolute atomic E-state index is 12.9. The number of thiazole rings is 1. The van der Waals surface area contributed by atoms with Crippen LogP contribution < -0.4 is 11.1 Å². The number of anilines is 1. The number of amides is 2. The van der Waals surface area contributed by atoms with E-state index in [9.17, 15) is 24.0 Å². The van der Waals surface area contributed by atoms with Crippen molar-refractivity contribution in [3.8, 4) is 0 Å². The summed E-state index contributed by atoms with van der Waals surface area (Å²) in [4.78, 5) is 71.5. The summed E-state index contributed by atoms with van der Waals surface area (Å²) in [5.41, 5.74) is 5.49. The largest absolute Gasteiger partial charge is 0.461 e. The number of esters is 3. The molecule has 0 saturated carbocycles. The van der Waals surface area contributed by atoms with Crippen molar-refractivity contribution >= 4 is 64.2 Å². The Balaban J connectivity index is 1.62. The lowest BCUT2D eigenvalue weighted by molar-refractivity contribution is -0.173. The van der Waals surface area contributed by atoms with Crippen LogP contribution in [0.5, 0.6) is 0 Å². The van der Waals surface area contributed by atoms with Gasteiger partial charge in [-0.25, -0.2) is 9.78 Å². The summed E-state index contributed by atoms with van der Waals surface area (Å²) in [6, 6.07) is -0.950. The molecule has 0 radical (unpaired) electrons. The number of nitrogens with zero attached hydrogens (tertiary/aromatic N) is 3. The third-order valence-corrected chi connectivity index (χ3v) is 7.07. The van der Waals surface area contributed by atoms with Crippen LogP contribution in [0, 0.1) is 5.41 Å². The minimum Gasteiger partial charge on any atom is -0.461 e. The number of carbonyl (C=O) groups is 5. The predicted octanol–water partition coefficient (Wildman–Crippen LogP) is 0.535. The van der Waals surface area contributed by atoms with E-state index in [1.807, 2.05) is 0 Å². The number of nitrogen functional groups attached to an aromatic ring is 1. The van der Waals surface area contributed by atoms with Gasteiger partial charge in [0.15, 0.2) is 11.7 Å². The van der Waals surface area contributed by atoms with Crippen molar-refractivity contribution in [1.29, 1.82) is 0 Å². The summed E-state index contributed by atoms with van der Waals surface area (Å²) >= 11 is 2.50. The molecule has 3 rings (SSSR count). The zero-order chi connectivity index (χ0) is 28.0. The number of carbonyl (C=O) groups excluding carboxylic acids is 5. The highest BCUT2D eigenvalue weighted by molar-refractivity contribution is 8.00. The van der Waals surface area contributed by atoms with Crippen LogP contribution in [0.15, 0.2) is 21.8 Å². The molecule has 0 aliphatic carbocycles. The maximum Gasteiger partial charge on any atom is 0.358 e. The standard InChI is InChI=1S/C22H27N5O9S2/c1-11(28)33-6-12-8-37-18-15(26-14(29)5-24-36-7-13-9-38-21(23)25-13)17(30)27(18)16(12)19(31)34-10-35-20(32)22(2,3)4/h5,9,15,18H,6-8,10H2,1-4H3,(H2,23,25)(H,26,29)/b24-5+. The zero-order valence-electron chi connectivity index (χ0n) is 21.0. The number of aromatic nitrogens is 1. The molecule has 2 amide bonds. The lowest BCUT2D eigenvalue weighted by Crippen LogP contribution is -2.70. The molecule has 14 nitrogen and oxygen atoms in total. The molecule has 3 heterocycles. The molecule has 2 unspecified atom stereocenters. The maximum atomic E-state index is 12.9. The number of nitrogens with one attached hydrogen (secondary N) is 1. The molecule has 1 aromatic rings. The van der Waals surface area contributed by atoms with Crippen LogP contribution in [-0.4, -0.2) is 76.4 Å². The minimum absolute atomic E-state index is 0.0124. The van der Waals surface area contributed by atoms with Crippen LogP contribution in [0.4, 0.5) is 5.13 Å². The quantitative estimate of drug-likeness (QED) is 0.131. The van der Waals surface area contributed by atoms with Crippen molar-refractivity contribution in [3.63, 3.8) is 0 Å². The van der Waals surface area contributed by atoms with E-state index in [0.717, 1.165) is 11.1 Å². The van der Waals surface area contributed by atoms with Crippen LogP contribution in [0.25, 0.3) is 0 Å². The van der Waals surface area contributed by atoms with Crippen LogP contribution in [0.2, 0.25) is 0 Å². The Morgan fingerprint density at radius 3 is 2.61 bits per heavy atom. The Hall–Kier alpha value is -3.66. The average molecular weight is 570 g/mol. The van der Waals surface area contributed by atoms with Gasteiger partial charge in [-0.05, 0) is 20.8 Å². The highest BCUT2D eigenvalue weighted by atomic mass is 32.2. The third kappa shape index (κ3) is 7.22. The molecular formula is C22H27N5O9S2. The fourth-order valence-corrected chi connectivity index (χ4v) is 5.04. The van der Waals surface area contributed by atoms with Gasteiger partial charge in [-0.2, -0.15) is 0 Å². The van der Waals surface area contributed by atoms with E-state index in [2.05, 4.69) is 15.5 Å². The molecule has 2 aliphatic heterocycles. The van der Waals surface area contributed by atoms with Crippen LogP contribution in [0.3, 0.4) is 0 Å². The molecule has 1 aromatic heterocycles. The summed E-state index contributed by atoms with van der Waals surface area (Å²) < 4.78 is 15.1. The fourth-order valence-electron chi connectivity index (χ4n) is 3.16. The number of fused-ring (bicyclic) bond motifs is 1. The number of hydrogen-bond acceptors (Lipinski definition) is 14. The minimum atomic E-state index is -0.950. The van der Waals surface area contributed by atoms with E-state index >= 15 is 0 Å². The number of β-lactam (4-membered cyclic amide) rings is 1. The molecule has 38 heavy (non-hydrogen) atoms. The van der Waals surface area contributed by atoms with Crippen LogP contribution >= 0.6 is 23.1 Å². The van der Waals surface area contributed by atoms with E-state index in [1.165, 1.54) is 30.0 Å². The van der Waals surface area contributed by atoms with E-state index < -0.39 is 53.3 Å². The summed E-state index contributed by atoms with van der Waals surface area (Å²) in [6.45, 7) is 5.24. The zero-order valence-corrected chi connectivity index (χ0v) is 22.7. The second kappa shape index (κ2) is 12.3. The Labute approximate surface area is 225 Å². The molecule has 0 aromatic carbocycles. The lowest BCUT2D eigenvalue weighted by atomic mass is 9.98. The monoisotopic (exact) mass is 569 g/mol. The topological polar surface area (TPSA) is 189 Å². The first-order chi connectivity index (χ1) is 17.9. The van der Waals surface area contributed by atoms with E-state index in [1.54, 1.807) is 26.2 Å². The second-order valence-corrected chi connectivity index (χ2v) is 11.0. The third-order valence-electron chi connectivity index (χ3n) is 5.01. The Morgan fingerprint density at radius 2 is 1.97 bits per heavy atom. The van der Waals surface area contributed by atoms with Crippen molar-refractivity contribution in [3.05, 3.63) is 22.3 Å². The number of rotatable bonds is 10. The first kappa shape index (κ1) is 28.9. The van der Waals surface area contributed by atoms with Gasteiger partial charge in [0.1, 0.15) is 29.9 Å². The van der Waals surface area contributed by atoms with Crippen LogP contribution in [0.1, 0.15) is 33.4 Å². The first-order valence-corrected chi connectivity index (χ1v) is 13.1. The second-order valence-electron chi connectivity index (χ2n) is 9.04. The summed E-state index contributed by atoms with van der Waals surface area (Å²) in [7, 11) is 0. The highest BCUT2D eigenvalue weighted by Crippen LogP contribution is 2.40. The van der Waals surface area contributed by atoms with Crippen LogP contribution in [-0.2, 0) is 49.6 Å². The summed E-state index contributed by atoms with van der Waals surface area (Å²) in [5.74, 6) is -3.14. The summed E-state index contributed by atoms with van der Waals surface area (Å²) in [5, 5.41) is 7.52. The molecule has 16 heteroatoms. The molecule has 0 bridgehead atoms.